The van der Waals surface area contributed by atoms with Crippen molar-refractivity contribution in [3.63, 3.8) is 0 Å². The van der Waals surface area contributed by atoms with Gasteiger partial charge in [-0.15, -0.1) is 24.0 Å². The van der Waals surface area contributed by atoms with Crippen molar-refractivity contribution in [2.24, 2.45) is 4.99 Å². The molecule has 2 rings (SSSR count). The van der Waals surface area contributed by atoms with E-state index in [9.17, 15) is 0 Å². The normalized spacial score (nSPS) is 11.1. The highest BCUT2D eigenvalue weighted by Gasteiger charge is 2.07. The van der Waals surface area contributed by atoms with Gasteiger partial charge >= 0.3 is 0 Å². The second-order valence-electron chi connectivity index (χ2n) is 5.03. The molecule has 0 aliphatic heterocycles. The van der Waals surface area contributed by atoms with E-state index in [-0.39, 0.29) is 24.0 Å². The topological polar surface area (TPSA) is 62.5 Å². The van der Waals surface area contributed by atoms with Gasteiger partial charge in [0.05, 0.1) is 18.8 Å². The lowest BCUT2D eigenvalue weighted by Gasteiger charge is -2.10. The summed E-state index contributed by atoms with van der Waals surface area (Å²) in [6.07, 6.45) is 0. The third kappa shape index (κ3) is 6.14. The van der Waals surface area contributed by atoms with Crippen LogP contribution in [0.1, 0.15) is 29.8 Å². The van der Waals surface area contributed by atoms with Crippen molar-refractivity contribution < 1.29 is 4.42 Å². The van der Waals surface area contributed by atoms with Crippen LogP contribution in [0.3, 0.4) is 0 Å². The van der Waals surface area contributed by atoms with Gasteiger partial charge in [-0.25, -0.2) is 9.98 Å². The van der Waals surface area contributed by atoms with Gasteiger partial charge in [0.2, 0.25) is 5.89 Å². The number of oxazole rings is 1. The maximum absolute atomic E-state index is 6.16. The Labute approximate surface area is 169 Å². The van der Waals surface area contributed by atoms with Gasteiger partial charge in [0, 0.05) is 16.6 Å². The van der Waals surface area contributed by atoms with E-state index in [1.807, 2.05) is 26.8 Å². The number of aromatic nitrogens is 1. The molecule has 1 aromatic carbocycles. The van der Waals surface area contributed by atoms with Gasteiger partial charge in [-0.2, -0.15) is 0 Å². The number of hydrogen-bond donors (Lipinski definition) is 2. The van der Waals surface area contributed by atoms with Gasteiger partial charge in [0.15, 0.2) is 5.96 Å². The molecule has 5 nitrogen and oxygen atoms in total. The average Bonchev–Trinajstić information content (AvgIpc) is 2.82. The first kappa shape index (κ1) is 21.1. The van der Waals surface area contributed by atoms with Crippen molar-refractivity contribution in [3.05, 3.63) is 51.2 Å². The molecule has 1 heterocycles. The first-order valence-electron chi connectivity index (χ1n) is 7.38. The minimum Gasteiger partial charge on any atom is -0.444 e. The van der Waals surface area contributed by atoms with Crippen molar-refractivity contribution >= 4 is 53.1 Å². The molecule has 0 unspecified atom stereocenters. The van der Waals surface area contributed by atoms with E-state index in [0.29, 0.717) is 35.0 Å². The minimum atomic E-state index is 0. The highest BCUT2D eigenvalue weighted by Crippen LogP contribution is 2.21. The van der Waals surface area contributed by atoms with Crippen molar-refractivity contribution in [3.8, 4) is 0 Å². The Morgan fingerprint density at radius 2 is 2.00 bits per heavy atom. The van der Waals surface area contributed by atoms with Crippen LogP contribution in [0.25, 0.3) is 0 Å². The number of guanidine groups is 1. The smallest absolute Gasteiger partial charge is 0.214 e. The Balaban J connectivity index is 0.00000288. The van der Waals surface area contributed by atoms with E-state index in [4.69, 9.17) is 27.6 Å². The van der Waals surface area contributed by atoms with Crippen LogP contribution in [0.5, 0.6) is 0 Å². The molecule has 24 heavy (non-hydrogen) atoms. The number of halogens is 3. The quantitative estimate of drug-likeness (QED) is 0.375. The summed E-state index contributed by atoms with van der Waals surface area (Å²) in [5.74, 6) is 2.14. The van der Waals surface area contributed by atoms with Crippen molar-refractivity contribution in [2.45, 2.75) is 33.9 Å². The van der Waals surface area contributed by atoms with Crippen LogP contribution < -0.4 is 10.6 Å². The number of hydrogen-bond acceptors (Lipinski definition) is 3. The predicted octanol–water partition coefficient (Wildman–Crippen LogP) is 4.47. The van der Waals surface area contributed by atoms with Crippen LogP contribution in [0.4, 0.5) is 0 Å². The van der Waals surface area contributed by atoms with E-state index in [2.05, 4.69) is 20.6 Å². The molecule has 2 N–H and O–H groups in total. The summed E-state index contributed by atoms with van der Waals surface area (Å²) in [7, 11) is 0. The zero-order chi connectivity index (χ0) is 16.8. The third-order valence-corrected chi connectivity index (χ3v) is 3.83. The molecule has 8 heteroatoms. The van der Waals surface area contributed by atoms with E-state index >= 15 is 0 Å². The lowest BCUT2D eigenvalue weighted by molar-refractivity contribution is 0.463. The van der Waals surface area contributed by atoms with Gasteiger partial charge in [0.1, 0.15) is 5.76 Å². The Morgan fingerprint density at radius 1 is 1.25 bits per heavy atom. The van der Waals surface area contributed by atoms with Crippen LogP contribution in [-0.4, -0.2) is 17.5 Å². The Bertz CT molecular complexity index is 684. The van der Waals surface area contributed by atoms with E-state index in [0.717, 1.165) is 23.6 Å². The van der Waals surface area contributed by atoms with E-state index in [1.54, 1.807) is 12.1 Å². The second-order valence-corrected chi connectivity index (χ2v) is 5.88. The molecular formula is C16H21Cl2IN4O. The molecule has 2 aromatic rings. The Kier molecular flexibility index (Phi) is 8.86. The maximum atomic E-state index is 6.16. The summed E-state index contributed by atoms with van der Waals surface area (Å²) in [6.45, 7) is 7.50. The highest BCUT2D eigenvalue weighted by atomic mass is 127. The molecular weight excluding hydrogens is 462 g/mol. The molecule has 0 radical (unpaired) electrons. The first-order chi connectivity index (χ1) is 11.0. The number of benzene rings is 1. The zero-order valence-corrected chi connectivity index (χ0v) is 17.7. The van der Waals surface area contributed by atoms with Gasteiger partial charge in [-0.3, -0.25) is 0 Å². The summed E-state index contributed by atoms with van der Waals surface area (Å²) in [6, 6.07) is 5.39. The Hall–Kier alpha value is -0.990. The largest absolute Gasteiger partial charge is 0.444 e. The van der Waals surface area contributed by atoms with E-state index < -0.39 is 0 Å². The third-order valence-electron chi connectivity index (χ3n) is 3.25. The Morgan fingerprint density at radius 3 is 2.58 bits per heavy atom. The SMILES string of the molecule is CCNC(=NCc1ccc(Cl)cc1Cl)NCc1nc(C)c(C)o1.I. The number of aryl methyl sites for hydroxylation is 2. The molecule has 0 amide bonds. The molecule has 0 saturated carbocycles. The predicted molar refractivity (Wildman–Crippen MR) is 110 cm³/mol. The first-order valence-corrected chi connectivity index (χ1v) is 8.14. The summed E-state index contributed by atoms with van der Waals surface area (Å²) in [5, 5.41) is 7.59. The molecule has 0 bridgehead atoms. The molecule has 0 aliphatic rings. The fourth-order valence-corrected chi connectivity index (χ4v) is 2.40. The van der Waals surface area contributed by atoms with Crippen LogP contribution in [0, 0.1) is 13.8 Å². The van der Waals surface area contributed by atoms with E-state index in [1.165, 1.54) is 0 Å². The molecule has 1 aromatic heterocycles. The number of nitrogens with one attached hydrogen (secondary N) is 2. The standard InChI is InChI=1S/C16H20Cl2N4O.HI/c1-4-19-16(21-9-15-22-10(2)11(3)23-15)20-8-12-5-6-13(17)7-14(12)18;/h5-7H,4,8-9H2,1-3H3,(H2,19,20,21);1H. The number of aliphatic imine (C=N–C) groups is 1. The van der Waals surface area contributed by atoms with Crippen LogP contribution in [0.2, 0.25) is 10.0 Å². The van der Waals surface area contributed by atoms with Crippen molar-refractivity contribution in [1.29, 1.82) is 0 Å². The van der Waals surface area contributed by atoms with Crippen molar-refractivity contribution in [2.75, 3.05) is 6.54 Å². The minimum absolute atomic E-state index is 0. The average molecular weight is 483 g/mol. The lowest BCUT2D eigenvalue weighted by Crippen LogP contribution is -2.36. The second kappa shape index (κ2) is 10.1. The molecule has 0 fully saturated rings. The molecule has 0 saturated heterocycles. The summed E-state index contributed by atoms with van der Waals surface area (Å²) in [4.78, 5) is 8.85. The van der Waals surface area contributed by atoms with Gasteiger partial charge in [-0.1, -0.05) is 29.3 Å². The summed E-state index contributed by atoms with van der Waals surface area (Å²) >= 11 is 12.1. The molecule has 132 valence electrons. The highest BCUT2D eigenvalue weighted by molar-refractivity contribution is 14.0. The van der Waals surface area contributed by atoms with Gasteiger partial charge < -0.3 is 15.1 Å². The van der Waals surface area contributed by atoms with Gasteiger partial charge in [-0.05, 0) is 38.5 Å². The fourth-order valence-electron chi connectivity index (χ4n) is 1.93. The zero-order valence-electron chi connectivity index (χ0n) is 13.8. The summed E-state index contributed by atoms with van der Waals surface area (Å²) < 4.78 is 5.55. The molecule has 0 aliphatic carbocycles. The fraction of sp³-hybridized carbons (Fsp3) is 0.375. The van der Waals surface area contributed by atoms with Crippen molar-refractivity contribution in [1.82, 2.24) is 15.6 Å². The number of nitrogens with zero attached hydrogens (tertiary/aromatic N) is 2. The maximum Gasteiger partial charge on any atom is 0.214 e. The van der Waals surface area contributed by atoms with Crippen LogP contribution >= 0.6 is 47.2 Å². The van der Waals surface area contributed by atoms with Crippen LogP contribution in [-0.2, 0) is 13.1 Å². The lowest BCUT2D eigenvalue weighted by atomic mass is 10.2. The van der Waals surface area contributed by atoms with Gasteiger partial charge in [0.25, 0.3) is 0 Å². The van der Waals surface area contributed by atoms with Crippen LogP contribution in [0.15, 0.2) is 27.6 Å². The summed E-state index contributed by atoms with van der Waals surface area (Å²) in [5.41, 5.74) is 1.81. The monoisotopic (exact) mass is 482 g/mol. The molecule has 0 atom stereocenters. The molecule has 0 spiro atoms. The number of rotatable bonds is 5.